The summed E-state index contributed by atoms with van der Waals surface area (Å²) in [6.45, 7) is 11.7. The maximum absolute atomic E-state index is 13.3. The number of aliphatic hydroxyl groups excluding tert-OH is 1. The van der Waals surface area contributed by atoms with Crippen LogP contribution < -0.4 is 0 Å². The van der Waals surface area contributed by atoms with E-state index in [9.17, 15) is 19.5 Å². The minimum absolute atomic E-state index is 0.00417. The molecule has 2 aliphatic heterocycles. The first kappa shape index (κ1) is 37.3. The molecule has 0 amide bonds. The van der Waals surface area contributed by atoms with Gasteiger partial charge in [0.1, 0.15) is 11.9 Å². The lowest BCUT2D eigenvalue weighted by Crippen LogP contribution is -2.54. The highest BCUT2D eigenvalue weighted by molar-refractivity contribution is 5.91. The predicted molar refractivity (Wildman–Crippen MR) is 166 cm³/mol. The molecule has 2 rings (SSSR count). The van der Waals surface area contributed by atoms with E-state index in [4.69, 9.17) is 18.9 Å². The molecule has 9 heteroatoms. The molecular formula is C34H57NO8. The van der Waals surface area contributed by atoms with Crippen LogP contribution in [-0.4, -0.2) is 92.6 Å². The highest BCUT2D eigenvalue weighted by Crippen LogP contribution is 2.36. The number of allylic oxidation sites excluding steroid dienone is 3. The van der Waals surface area contributed by atoms with Crippen LogP contribution in [0.25, 0.3) is 0 Å². The first-order chi connectivity index (χ1) is 20.3. The van der Waals surface area contributed by atoms with Gasteiger partial charge in [-0.1, -0.05) is 38.5 Å². The summed E-state index contributed by atoms with van der Waals surface area (Å²) in [5, 5.41) is 10.1. The molecule has 1 saturated heterocycles. The first-order valence-electron chi connectivity index (χ1n) is 16.0. The molecular weight excluding hydrogens is 550 g/mol. The van der Waals surface area contributed by atoms with Gasteiger partial charge in [0, 0.05) is 38.0 Å². The number of carbonyl (C=O) groups is 3. The predicted octanol–water partition coefficient (Wildman–Crippen LogP) is 4.75. The zero-order chi connectivity index (χ0) is 32.3. The minimum Gasteiger partial charge on any atom is -0.462 e. The molecule has 2 heterocycles. The van der Waals surface area contributed by atoms with E-state index in [1.54, 1.807) is 26.2 Å². The highest BCUT2D eigenvalue weighted by Gasteiger charge is 2.44. The molecule has 0 aliphatic carbocycles. The number of ketones is 2. The van der Waals surface area contributed by atoms with Crippen molar-refractivity contribution < 1.29 is 38.4 Å². The number of aliphatic hydroxyl groups is 1. The summed E-state index contributed by atoms with van der Waals surface area (Å²) in [6, 6.07) is -0.0347. The Balaban J connectivity index is 2.52. The van der Waals surface area contributed by atoms with Gasteiger partial charge in [-0.05, 0) is 84.9 Å². The van der Waals surface area contributed by atoms with Gasteiger partial charge >= 0.3 is 5.97 Å². The molecule has 0 aromatic heterocycles. The topological polar surface area (TPSA) is 112 Å². The Morgan fingerprint density at radius 1 is 1.14 bits per heavy atom. The van der Waals surface area contributed by atoms with Crippen molar-refractivity contribution in [3.8, 4) is 0 Å². The summed E-state index contributed by atoms with van der Waals surface area (Å²) in [5.41, 5.74) is 0.821. The van der Waals surface area contributed by atoms with Crippen LogP contribution in [0.1, 0.15) is 80.1 Å². The zero-order valence-corrected chi connectivity index (χ0v) is 27.9. The van der Waals surface area contributed by atoms with Crippen LogP contribution in [0.4, 0.5) is 0 Å². The SMILES string of the molecule is CC[C@H]1OC(=O)CC[C@H](C)[C@@H](OC2OC(C)CC(N(C)C)C2C(C)=O)[C@@H](CCOC)C[C@@H](C)C(=O)/C=C/C(C)=C/C1CO. The Morgan fingerprint density at radius 3 is 2.42 bits per heavy atom. The van der Waals surface area contributed by atoms with E-state index in [0.717, 1.165) is 12.0 Å². The molecule has 43 heavy (non-hydrogen) atoms. The highest BCUT2D eigenvalue weighted by atomic mass is 16.7. The number of cyclic esters (lactones) is 1. The zero-order valence-electron chi connectivity index (χ0n) is 27.9. The van der Waals surface area contributed by atoms with Crippen LogP contribution in [0.3, 0.4) is 0 Å². The van der Waals surface area contributed by atoms with Crippen molar-refractivity contribution in [1.29, 1.82) is 0 Å². The molecule has 5 unspecified atom stereocenters. The summed E-state index contributed by atoms with van der Waals surface area (Å²) in [7, 11) is 5.60. The lowest BCUT2D eigenvalue weighted by Gasteiger charge is -2.45. The number of ether oxygens (including phenoxy) is 4. The third-order valence-corrected chi connectivity index (χ3v) is 9.10. The second kappa shape index (κ2) is 18.2. The van der Waals surface area contributed by atoms with Crippen molar-refractivity contribution in [3.05, 3.63) is 23.8 Å². The average Bonchev–Trinajstić information content (AvgIpc) is 2.95. The summed E-state index contributed by atoms with van der Waals surface area (Å²) < 4.78 is 24.5. The van der Waals surface area contributed by atoms with Crippen LogP contribution in [0.2, 0.25) is 0 Å². The van der Waals surface area contributed by atoms with E-state index in [1.165, 1.54) is 0 Å². The van der Waals surface area contributed by atoms with Gasteiger partial charge in [-0.3, -0.25) is 14.4 Å². The van der Waals surface area contributed by atoms with Gasteiger partial charge < -0.3 is 29.0 Å². The van der Waals surface area contributed by atoms with Gasteiger partial charge in [-0.25, -0.2) is 0 Å². The van der Waals surface area contributed by atoms with Crippen molar-refractivity contribution in [3.63, 3.8) is 0 Å². The molecule has 1 fully saturated rings. The molecule has 246 valence electrons. The molecule has 10 atom stereocenters. The van der Waals surface area contributed by atoms with Gasteiger partial charge in [0.2, 0.25) is 0 Å². The fourth-order valence-corrected chi connectivity index (χ4v) is 6.53. The fraction of sp³-hybridized carbons (Fsp3) is 0.794. The molecule has 0 radical (unpaired) electrons. The molecule has 2 aliphatic rings. The van der Waals surface area contributed by atoms with Gasteiger partial charge in [-0.2, -0.15) is 0 Å². The summed E-state index contributed by atoms with van der Waals surface area (Å²) in [6.07, 6.45) is 6.64. The fourth-order valence-electron chi connectivity index (χ4n) is 6.53. The summed E-state index contributed by atoms with van der Waals surface area (Å²) in [5.74, 6) is -1.63. The molecule has 0 bridgehead atoms. The van der Waals surface area contributed by atoms with Crippen molar-refractivity contribution in [1.82, 2.24) is 4.90 Å². The van der Waals surface area contributed by atoms with Gasteiger partial charge in [0.15, 0.2) is 12.1 Å². The first-order valence-corrected chi connectivity index (χ1v) is 16.0. The van der Waals surface area contributed by atoms with E-state index < -0.39 is 24.4 Å². The number of Topliss-reactive ketones (excluding diaryl/α,β-unsaturated/α-hetero) is 1. The van der Waals surface area contributed by atoms with Crippen LogP contribution in [0.5, 0.6) is 0 Å². The summed E-state index contributed by atoms with van der Waals surface area (Å²) >= 11 is 0. The Bertz CT molecular complexity index is 962. The number of methoxy groups -OCH3 is 1. The van der Waals surface area contributed by atoms with Gasteiger partial charge in [-0.15, -0.1) is 0 Å². The van der Waals surface area contributed by atoms with Crippen LogP contribution in [0, 0.1) is 29.6 Å². The van der Waals surface area contributed by atoms with Crippen molar-refractivity contribution in [2.75, 3.05) is 34.4 Å². The number of esters is 1. The lowest BCUT2D eigenvalue weighted by molar-refractivity contribution is -0.260. The van der Waals surface area contributed by atoms with E-state index in [2.05, 4.69) is 4.90 Å². The van der Waals surface area contributed by atoms with E-state index >= 15 is 0 Å². The third kappa shape index (κ3) is 11.2. The average molecular weight is 608 g/mol. The Kier molecular flexibility index (Phi) is 15.7. The number of hydrogen-bond donors (Lipinski definition) is 1. The van der Waals surface area contributed by atoms with Gasteiger partial charge in [0.05, 0.1) is 24.7 Å². The minimum atomic E-state index is -0.753. The standard InChI is InChI=1S/C34H57NO8/c1-10-30-27(20-36)17-21(2)11-13-29(38)23(4)18-26(15-16-40-9)33(22(3)12-14-31(39)42-30)43-34-32(25(6)37)28(35(7)8)19-24(5)41-34/h11,13,17,22-24,26-28,30,32-34,36H,10,12,14-16,18-20H2,1-9H3/b13-11+,21-17+/t22-,23+,24?,26-,27?,28?,30+,32?,33+,34?/m0/s1. The van der Waals surface area contributed by atoms with Crippen molar-refractivity contribution in [2.24, 2.45) is 29.6 Å². The third-order valence-electron chi connectivity index (χ3n) is 9.10. The molecule has 1 N–H and O–H groups in total. The Morgan fingerprint density at radius 2 is 1.84 bits per heavy atom. The number of carbonyl (C=O) groups excluding carboxylic acids is 3. The Hall–Kier alpha value is -1.91. The molecule has 0 saturated carbocycles. The largest absolute Gasteiger partial charge is 0.462 e. The maximum atomic E-state index is 13.3. The molecule has 0 spiro atoms. The van der Waals surface area contributed by atoms with Crippen LogP contribution in [-0.2, 0) is 33.3 Å². The second-order valence-electron chi connectivity index (χ2n) is 12.9. The molecule has 0 aromatic rings. The number of nitrogens with zero attached hydrogens (tertiary/aromatic N) is 1. The van der Waals surface area contributed by atoms with Crippen molar-refractivity contribution in [2.45, 2.75) is 111 Å². The van der Waals surface area contributed by atoms with E-state index in [1.807, 2.05) is 54.8 Å². The quantitative estimate of drug-likeness (QED) is 0.371. The summed E-state index contributed by atoms with van der Waals surface area (Å²) in [4.78, 5) is 41.4. The lowest BCUT2D eigenvalue weighted by atomic mass is 9.80. The maximum Gasteiger partial charge on any atom is 0.306 e. The normalized spacial score (nSPS) is 37.4. The number of rotatable bonds is 9. The Labute approximate surface area is 259 Å². The second-order valence-corrected chi connectivity index (χ2v) is 12.9. The van der Waals surface area contributed by atoms with Crippen molar-refractivity contribution >= 4 is 17.5 Å². The smallest absolute Gasteiger partial charge is 0.306 e. The molecule has 0 aromatic carbocycles. The van der Waals surface area contributed by atoms with E-state index in [0.29, 0.717) is 32.3 Å². The van der Waals surface area contributed by atoms with E-state index in [-0.39, 0.29) is 66.4 Å². The van der Waals surface area contributed by atoms with Gasteiger partial charge in [0.25, 0.3) is 0 Å². The van der Waals surface area contributed by atoms with Crippen LogP contribution in [0.15, 0.2) is 23.8 Å². The molecule has 9 nitrogen and oxygen atoms in total. The monoisotopic (exact) mass is 607 g/mol. The number of hydrogen-bond acceptors (Lipinski definition) is 9. The van der Waals surface area contributed by atoms with Crippen LogP contribution >= 0.6 is 0 Å².